The first-order valence-corrected chi connectivity index (χ1v) is 13.8. The summed E-state index contributed by atoms with van der Waals surface area (Å²) >= 11 is 0. The molecule has 0 atom stereocenters. The van der Waals surface area contributed by atoms with Crippen molar-refractivity contribution < 1.29 is 29.2 Å². The molecule has 1 aliphatic rings. The number of benzene rings is 3. The Bertz CT molecular complexity index is 1110. The number of phenols is 1. The van der Waals surface area contributed by atoms with Gasteiger partial charge < -0.3 is 29.2 Å². The van der Waals surface area contributed by atoms with E-state index in [4.69, 9.17) is 18.9 Å². The molecule has 4 rings (SSSR count). The molecule has 0 spiro atoms. The zero-order valence-electron chi connectivity index (χ0n) is 22.4. The van der Waals surface area contributed by atoms with Crippen LogP contribution in [0.5, 0.6) is 23.0 Å². The van der Waals surface area contributed by atoms with E-state index in [1.54, 1.807) is 6.07 Å². The monoisotopic (exact) mass is 520 g/mol. The molecule has 0 radical (unpaired) electrons. The zero-order valence-corrected chi connectivity index (χ0v) is 22.4. The molecule has 2 N–H and O–H groups in total. The van der Waals surface area contributed by atoms with Crippen LogP contribution >= 0.6 is 0 Å². The first-order chi connectivity index (χ1) is 18.5. The third-order valence-corrected chi connectivity index (χ3v) is 6.69. The maximum atomic E-state index is 10.1. The van der Waals surface area contributed by atoms with E-state index >= 15 is 0 Å². The quantitative estimate of drug-likeness (QED) is 0.208. The summed E-state index contributed by atoms with van der Waals surface area (Å²) in [4.78, 5) is 0. The van der Waals surface area contributed by atoms with Gasteiger partial charge in [-0.1, -0.05) is 56.9 Å². The third-order valence-electron chi connectivity index (χ3n) is 6.69. The molecule has 38 heavy (non-hydrogen) atoms. The molecule has 0 unspecified atom stereocenters. The van der Waals surface area contributed by atoms with Crippen molar-refractivity contribution in [2.45, 2.75) is 57.5 Å². The summed E-state index contributed by atoms with van der Waals surface area (Å²) in [5.41, 5.74) is 2.32. The van der Waals surface area contributed by atoms with Crippen LogP contribution in [0, 0.1) is 0 Å². The molecule has 0 aromatic heterocycles. The average Bonchev–Trinajstić information content (AvgIpc) is 2.92. The van der Waals surface area contributed by atoms with E-state index in [0.29, 0.717) is 32.2 Å². The second-order valence-electron chi connectivity index (χ2n) is 10.1. The summed E-state index contributed by atoms with van der Waals surface area (Å²) < 4.78 is 22.5. The van der Waals surface area contributed by atoms with E-state index in [2.05, 4.69) is 19.1 Å². The van der Waals surface area contributed by atoms with Crippen molar-refractivity contribution in [2.75, 3.05) is 33.0 Å². The van der Waals surface area contributed by atoms with Crippen LogP contribution in [0.25, 0.3) is 11.1 Å². The maximum absolute atomic E-state index is 10.1. The minimum absolute atomic E-state index is 0.244. The number of rotatable bonds is 16. The van der Waals surface area contributed by atoms with Gasteiger partial charge in [-0.15, -0.1) is 0 Å². The molecular weight excluding hydrogens is 480 g/mol. The van der Waals surface area contributed by atoms with Gasteiger partial charge >= 0.3 is 0 Å². The number of ether oxygens (including phenoxy) is 4. The van der Waals surface area contributed by atoms with Crippen molar-refractivity contribution >= 4 is 0 Å². The molecular formula is C32H40O6. The SMILES string of the molecule is CCCc1cc(OCCCCCCCOc2ccc(-c3ccc(OCC4(O)COC4)cc3)cc2)ccc1O. The smallest absolute Gasteiger partial charge is 0.145 e. The van der Waals surface area contributed by atoms with Crippen molar-refractivity contribution in [1.29, 1.82) is 0 Å². The molecule has 0 amide bonds. The van der Waals surface area contributed by atoms with E-state index in [1.807, 2.05) is 48.5 Å². The predicted octanol–water partition coefficient (Wildman–Crippen LogP) is 6.56. The maximum Gasteiger partial charge on any atom is 0.145 e. The summed E-state index contributed by atoms with van der Waals surface area (Å²) in [5.74, 6) is 2.81. The van der Waals surface area contributed by atoms with Gasteiger partial charge in [0.25, 0.3) is 0 Å². The second-order valence-corrected chi connectivity index (χ2v) is 10.1. The first kappa shape index (κ1) is 27.8. The fraction of sp³-hybridized carbons (Fsp3) is 0.438. The van der Waals surface area contributed by atoms with E-state index < -0.39 is 5.60 Å². The Kier molecular flexibility index (Phi) is 10.3. The molecule has 0 saturated carbocycles. The highest BCUT2D eigenvalue weighted by atomic mass is 16.6. The van der Waals surface area contributed by atoms with Crippen LogP contribution in [0.4, 0.5) is 0 Å². The van der Waals surface area contributed by atoms with Crippen LogP contribution < -0.4 is 14.2 Å². The van der Waals surface area contributed by atoms with Gasteiger partial charge in [0.05, 0.1) is 26.4 Å². The van der Waals surface area contributed by atoms with Crippen molar-refractivity contribution in [3.05, 3.63) is 72.3 Å². The lowest BCUT2D eigenvalue weighted by Crippen LogP contribution is -2.53. The summed E-state index contributed by atoms with van der Waals surface area (Å²) in [5, 5.41) is 19.9. The lowest BCUT2D eigenvalue weighted by atomic mass is 10.0. The number of phenolic OH excluding ortho intramolecular Hbond substituents is 1. The Morgan fingerprint density at radius 1 is 0.711 bits per heavy atom. The van der Waals surface area contributed by atoms with E-state index in [-0.39, 0.29) is 6.61 Å². The first-order valence-electron chi connectivity index (χ1n) is 13.8. The molecule has 6 heteroatoms. The van der Waals surface area contributed by atoms with Gasteiger partial charge in [-0.3, -0.25) is 0 Å². The van der Waals surface area contributed by atoms with Gasteiger partial charge in [-0.05, 0) is 78.4 Å². The Balaban J connectivity index is 1.06. The largest absolute Gasteiger partial charge is 0.508 e. The average molecular weight is 521 g/mol. The summed E-state index contributed by atoms with van der Waals surface area (Å²) in [6.45, 7) is 4.43. The number of aromatic hydroxyl groups is 1. The number of aryl methyl sites for hydroxylation is 1. The van der Waals surface area contributed by atoms with Gasteiger partial charge in [0, 0.05) is 0 Å². The summed E-state index contributed by atoms with van der Waals surface area (Å²) in [7, 11) is 0. The number of hydrogen-bond acceptors (Lipinski definition) is 6. The highest BCUT2D eigenvalue weighted by Gasteiger charge is 2.37. The molecule has 6 nitrogen and oxygen atoms in total. The predicted molar refractivity (Wildman–Crippen MR) is 149 cm³/mol. The van der Waals surface area contributed by atoms with Gasteiger partial charge in [-0.2, -0.15) is 0 Å². The highest BCUT2D eigenvalue weighted by Crippen LogP contribution is 2.27. The van der Waals surface area contributed by atoms with E-state index in [9.17, 15) is 10.2 Å². The Morgan fingerprint density at radius 2 is 1.24 bits per heavy atom. The van der Waals surface area contributed by atoms with Crippen LogP contribution in [0.2, 0.25) is 0 Å². The molecule has 1 saturated heterocycles. The highest BCUT2D eigenvalue weighted by molar-refractivity contribution is 5.64. The lowest BCUT2D eigenvalue weighted by molar-refractivity contribution is -0.192. The van der Waals surface area contributed by atoms with Crippen LogP contribution in [0.3, 0.4) is 0 Å². The standard InChI is InChI=1S/C32H40O6/c1-2-8-27-21-30(17-18-31(27)33)37-20-7-5-3-4-6-19-36-28-13-9-25(10-14-28)26-11-15-29(16-12-26)38-24-32(34)22-35-23-32/h9-18,21,33-34H,2-8,19-20,22-24H2,1H3. The van der Waals surface area contributed by atoms with E-state index in [0.717, 1.165) is 78.9 Å². The number of unbranched alkanes of at least 4 members (excludes halogenated alkanes) is 4. The fourth-order valence-electron chi connectivity index (χ4n) is 4.36. The Labute approximate surface area is 226 Å². The van der Waals surface area contributed by atoms with Gasteiger partial charge in [0.2, 0.25) is 0 Å². The summed E-state index contributed by atoms with van der Waals surface area (Å²) in [6, 6.07) is 21.6. The van der Waals surface area contributed by atoms with Crippen molar-refractivity contribution in [2.24, 2.45) is 0 Å². The molecule has 1 aliphatic heterocycles. The van der Waals surface area contributed by atoms with Crippen molar-refractivity contribution in [1.82, 2.24) is 0 Å². The van der Waals surface area contributed by atoms with Gasteiger partial charge in [0.1, 0.15) is 35.2 Å². The Hall–Kier alpha value is -3.22. The number of aliphatic hydroxyl groups is 1. The molecule has 204 valence electrons. The minimum Gasteiger partial charge on any atom is -0.508 e. The topological polar surface area (TPSA) is 77.4 Å². The van der Waals surface area contributed by atoms with Crippen LogP contribution in [0.15, 0.2) is 66.7 Å². The van der Waals surface area contributed by atoms with Crippen molar-refractivity contribution in [3.63, 3.8) is 0 Å². The molecule has 1 fully saturated rings. The van der Waals surface area contributed by atoms with Crippen LogP contribution in [-0.2, 0) is 11.2 Å². The minimum atomic E-state index is -0.850. The number of hydrogen-bond donors (Lipinski definition) is 2. The normalized spacial score (nSPS) is 14.1. The van der Waals surface area contributed by atoms with Gasteiger partial charge in [0.15, 0.2) is 0 Å². The van der Waals surface area contributed by atoms with Crippen LogP contribution in [-0.4, -0.2) is 48.8 Å². The fourth-order valence-corrected chi connectivity index (χ4v) is 4.36. The molecule has 3 aromatic rings. The molecule has 1 heterocycles. The molecule has 0 bridgehead atoms. The van der Waals surface area contributed by atoms with E-state index in [1.165, 1.54) is 0 Å². The third kappa shape index (κ3) is 8.40. The molecule has 0 aliphatic carbocycles. The molecule has 3 aromatic carbocycles. The zero-order chi connectivity index (χ0) is 26.6. The lowest BCUT2D eigenvalue weighted by Gasteiger charge is -2.35. The Morgan fingerprint density at radius 3 is 1.79 bits per heavy atom. The summed E-state index contributed by atoms with van der Waals surface area (Å²) in [6.07, 6.45) is 7.35. The van der Waals surface area contributed by atoms with Crippen molar-refractivity contribution in [3.8, 4) is 34.1 Å². The van der Waals surface area contributed by atoms with Gasteiger partial charge in [-0.25, -0.2) is 0 Å². The van der Waals surface area contributed by atoms with Crippen LogP contribution in [0.1, 0.15) is 51.0 Å². The second kappa shape index (κ2) is 14.1.